The second-order valence-corrected chi connectivity index (χ2v) is 5.94. The van der Waals surface area contributed by atoms with Crippen LogP contribution in [-0.4, -0.2) is 18.0 Å². The van der Waals surface area contributed by atoms with E-state index in [0.29, 0.717) is 13.0 Å². The summed E-state index contributed by atoms with van der Waals surface area (Å²) in [4.78, 5) is 12.3. The second kappa shape index (κ2) is 9.86. The van der Waals surface area contributed by atoms with Crippen molar-refractivity contribution in [1.82, 2.24) is 5.32 Å². The Morgan fingerprint density at radius 3 is 2.14 bits per heavy atom. The van der Waals surface area contributed by atoms with Gasteiger partial charge in [-0.05, 0) is 36.3 Å². The van der Waals surface area contributed by atoms with E-state index in [0.717, 1.165) is 19.3 Å². The van der Waals surface area contributed by atoms with Gasteiger partial charge in [0.2, 0.25) is 5.91 Å². The van der Waals surface area contributed by atoms with Gasteiger partial charge >= 0.3 is 0 Å². The first-order valence-electron chi connectivity index (χ1n) is 8.10. The molecule has 126 valence electrons. The van der Waals surface area contributed by atoms with Gasteiger partial charge in [0.1, 0.15) is 0 Å². The number of carbonyl (C=O) groups is 1. The van der Waals surface area contributed by atoms with Crippen molar-refractivity contribution in [3.05, 3.63) is 35.4 Å². The Hall–Kier alpha value is -1.06. The Balaban J connectivity index is 0.00000441. The number of amides is 1. The molecule has 0 spiro atoms. The number of carbonyl (C=O) groups excluding carboxylic acids is 1. The second-order valence-electron chi connectivity index (χ2n) is 5.94. The molecule has 1 aromatic carbocycles. The zero-order chi connectivity index (χ0) is 15.9. The van der Waals surface area contributed by atoms with Gasteiger partial charge in [-0.25, -0.2) is 0 Å². The number of nitrogens with two attached hydrogens (primary N) is 1. The van der Waals surface area contributed by atoms with Gasteiger partial charge in [0.15, 0.2) is 0 Å². The topological polar surface area (TPSA) is 55.1 Å². The number of nitrogens with one attached hydrogen (secondary N) is 1. The molecule has 0 saturated heterocycles. The first-order valence-corrected chi connectivity index (χ1v) is 8.10. The van der Waals surface area contributed by atoms with E-state index in [2.05, 4.69) is 57.3 Å². The summed E-state index contributed by atoms with van der Waals surface area (Å²) in [6.45, 7) is 8.88. The molecule has 0 saturated carbocycles. The Bertz CT molecular complexity index is 433. The summed E-state index contributed by atoms with van der Waals surface area (Å²) < 4.78 is 0. The molecule has 0 aliphatic heterocycles. The molecule has 0 aliphatic rings. The van der Waals surface area contributed by atoms with E-state index in [1.807, 2.05) is 0 Å². The first kappa shape index (κ1) is 20.9. The minimum Gasteiger partial charge on any atom is -0.349 e. The van der Waals surface area contributed by atoms with Crippen LogP contribution >= 0.6 is 12.4 Å². The molecule has 0 aromatic heterocycles. The normalized spacial score (nSPS) is 12.4. The maximum atomic E-state index is 12.3. The SMILES string of the molecule is CCc1ccc(C(C)CC(=O)NC(CC)(CC)CN)cc1.Cl. The minimum atomic E-state index is -0.247. The summed E-state index contributed by atoms with van der Waals surface area (Å²) in [6, 6.07) is 8.55. The van der Waals surface area contributed by atoms with Crippen LogP contribution in [-0.2, 0) is 11.2 Å². The summed E-state index contributed by atoms with van der Waals surface area (Å²) >= 11 is 0. The van der Waals surface area contributed by atoms with Crippen molar-refractivity contribution in [3.8, 4) is 0 Å². The average Bonchev–Trinajstić information content (AvgIpc) is 2.52. The molecule has 0 heterocycles. The van der Waals surface area contributed by atoms with Crippen LogP contribution in [0.5, 0.6) is 0 Å². The van der Waals surface area contributed by atoms with E-state index in [1.54, 1.807) is 0 Å². The number of rotatable bonds is 8. The van der Waals surface area contributed by atoms with Crippen LogP contribution in [0.1, 0.15) is 64.0 Å². The fraction of sp³-hybridized carbons (Fsp3) is 0.611. The van der Waals surface area contributed by atoms with E-state index in [4.69, 9.17) is 5.73 Å². The van der Waals surface area contributed by atoms with Crippen LogP contribution < -0.4 is 11.1 Å². The van der Waals surface area contributed by atoms with Crippen molar-refractivity contribution in [2.24, 2.45) is 5.73 Å². The van der Waals surface area contributed by atoms with Gasteiger partial charge in [-0.3, -0.25) is 4.79 Å². The molecule has 1 aromatic rings. The third kappa shape index (κ3) is 5.62. The monoisotopic (exact) mass is 326 g/mol. The van der Waals surface area contributed by atoms with Crippen LogP contribution in [0.25, 0.3) is 0 Å². The third-order valence-electron chi connectivity index (χ3n) is 4.60. The van der Waals surface area contributed by atoms with Crippen molar-refractivity contribution in [2.45, 2.75) is 64.8 Å². The molecule has 1 unspecified atom stereocenters. The molecule has 0 aliphatic carbocycles. The highest BCUT2D eigenvalue weighted by Crippen LogP contribution is 2.21. The van der Waals surface area contributed by atoms with E-state index < -0.39 is 0 Å². The maximum absolute atomic E-state index is 12.3. The zero-order valence-corrected chi connectivity index (χ0v) is 15.1. The van der Waals surface area contributed by atoms with Crippen molar-refractivity contribution in [3.63, 3.8) is 0 Å². The van der Waals surface area contributed by atoms with Crippen LogP contribution in [0.4, 0.5) is 0 Å². The quantitative estimate of drug-likeness (QED) is 0.763. The standard InChI is InChI=1S/C18H30N2O.ClH/c1-5-15-8-10-16(11-9-15)14(4)12-17(21)20-18(6-2,7-3)13-19;/h8-11,14H,5-7,12-13,19H2,1-4H3,(H,20,21);1H. The highest BCUT2D eigenvalue weighted by Gasteiger charge is 2.26. The molecular formula is C18H31ClN2O. The smallest absolute Gasteiger partial charge is 0.221 e. The number of aryl methyl sites for hydroxylation is 1. The summed E-state index contributed by atoms with van der Waals surface area (Å²) in [5.74, 6) is 0.316. The lowest BCUT2D eigenvalue weighted by Crippen LogP contribution is -2.53. The Morgan fingerprint density at radius 1 is 1.18 bits per heavy atom. The van der Waals surface area contributed by atoms with E-state index in [1.165, 1.54) is 11.1 Å². The molecule has 3 N–H and O–H groups in total. The highest BCUT2D eigenvalue weighted by atomic mass is 35.5. The molecule has 0 bridgehead atoms. The fourth-order valence-corrected chi connectivity index (χ4v) is 2.59. The van der Waals surface area contributed by atoms with Crippen LogP contribution in [0.3, 0.4) is 0 Å². The molecule has 22 heavy (non-hydrogen) atoms. The molecule has 3 nitrogen and oxygen atoms in total. The lowest BCUT2D eigenvalue weighted by Gasteiger charge is -2.32. The predicted molar refractivity (Wildman–Crippen MR) is 96.6 cm³/mol. The van der Waals surface area contributed by atoms with E-state index >= 15 is 0 Å². The molecular weight excluding hydrogens is 296 g/mol. The zero-order valence-electron chi connectivity index (χ0n) is 14.3. The van der Waals surface area contributed by atoms with Crippen molar-refractivity contribution in [1.29, 1.82) is 0 Å². The number of halogens is 1. The van der Waals surface area contributed by atoms with Crippen LogP contribution in [0, 0.1) is 0 Å². The molecule has 1 atom stereocenters. The Labute approximate surface area is 141 Å². The molecule has 1 amide bonds. The Kier molecular flexibility index (Phi) is 9.38. The minimum absolute atomic E-state index is 0. The summed E-state index contributed by atoms with van der Waals surface area (Å²) in [6.07, 6.45) is 3.28. The Morgan fingerprint density at radius 2 is 1.73 bits per heavy atom. The average molecular weight is 327 g/mol. The van der Waals surface area contributed by atoms with Gasteiger partial charge in [0.25, 0.3) is 0 Å². The van der Waals surface area contributed by atoms with Crippen molar-refractivity contribution in [2.75, 3.05) is 6.54 Å². The molecule has 1 rings (SSSR count). The van der Waals surface area contributed by atoms with Crippen LogP contribution in [0.15, 0.2) is 24.3 Å². The highest BCUT2D eigenvalue weighted by molar-refractivity contribution is 5.85. The van der Waals surface area contributed by atoms with Gasteiger partial charge < -0.3 is 11.1 Å². The fourth-order valence-electron chi connectivity index (χ4n) is 2.59. The van der Waals surface area contributed by atoms with Gasteiger partial charge in [-0.1, -0.05) is 52.0 Å². The largest absolute Gasteiger partial charge is 0.349 e. The molecule has 4 heteroatoms. The lowest BCUT2D eigenvalue weighted by molar-refractivity contribution is -0.123. The maximum Gasteiger partial charge on any atom is 0.221 e. The summed E-state index contributed by atoms with van der Waals surface area (Å²) in [7, 11) is 0. The van der Waals surface area contributed by atoms with Gasteiger partial charge in [0, 0.05) is 13.0 Å². The van der Waals surface area contributed by atoms with Crippen molar-refractivity contribution >= 4 is 18.3 Å². The van der Waals surface area contributed by atoms with E-state index in [-0.39, 0.29) is 29.8 Å². The van der Waals surface area contributed by atoms with Crippen LogP contribution in [0.2, 0.25) is 0 Å². The van der Waals surface area contributed by atoms with E-state index in [9.17, 15) is 4.79 Å². The van der Waals surface area contributed by atoms with Gasteiger partial charge in [-0.15, -0.1) is 12.4 Å². The number of hydrogen-bond acceptors (Lipinski definition) is 2. The van der Waals surface area contributed by atoms with Crippen molar-refractivity contribution < 1.29 is 4.79 Å². The molecule has 0 radical (unpaired) electrons. The number of benzene rings is 1. The first-order chi connectivity index (χ1) is 10.00. The predicted octanol–water partition coefficient (Wildman–Crippen LogP) is 3.80. The third-order valence-corrected chi connectivity index (χ3v) is 4.60. The van der Waals surface area contributed by atoms with Gasteiger partial charge in [-0.2, -0.15) is 0 Å². The molecule has 0 fully saturated rings. The van der Waals surface area contributed by atoms with Gasteiger partial charge in [0.05, 0.1) is 5.54 Å². The summed E-state index contributed by atoms with van der Waals surface area (Å²) in [5.41, 5.74) is 8.13. The summed E-state index contributed by atoms with van der Waals surface area (Å²) in [5, 5.41) is 3.14. The lowest BCUT2D eigenvalue weighted by atomic mass is 9.91. The number of hydrogen-bond donors (Lipinski definition) is 2.